The average molecular weight is 307 g/mol. The highest BCUT2D eigenvalue weighted by Crippen LogP contribution is 2.30. The predicted octanol–water partition coefficient (Wildman–Crippen LogP) is 3.85. The number of para-hydroxylation sites is 1. The van der Waals surface area contributed by atoms with Gasteiger partial charge in [0.1, 0.15) is 0 Å². The van der Waals surface area contributed by atoms with E-state index in [0.717, 1.165) is 18.7 Å². The van der Waals surface area contributed by atoms with Gasteiger partial charge in [0, 0.05) is 18.7 Å². The molecule has 2 aromatic rings. The van der Waals surface area contributed by atoms with Crippen LogP contribution >= 0.6 is 23.2 Å². The third-order valence-electron chi connectivity index (χ3n) is 3.30. The highest BCUT2D eigenvalue weighted by atomic mass is 35.5. The van der Waals surface area contributed by atoms with Crippen LogP contribution in [0, 0.1) is 0 Å². The van der Waals surface area contributed by atoms with Crippen LogP contribution in [0.2, 0.25) is 10.0 Å². The first-order valence-electron chi connectivity index (χ1n) is 6.23. The molecular formula is C15H12Cl2N2O. The summed E-state index contributed by atoms with van der Waals surface area (Å²) in [6.07, 6.45) is 0. The van der Waals surface area contributed by atoms with Gasteiger partial charge in [-0.15, -0.1) is 0 Å². The molecule has 20 heavy (non-hydrogen) atoms. The topological polar surface area (TPSA) is 41.1 Å². The Hall–Kier alpha value is -1.55. The molecule has 0 saturated heterocycles. The molecule has 0 atom stereocenters. The Kier molecular flexibility index (Phi) is 3.66. The van der Waals surface area contributed by atoms with Crippen molar-refractivity contribution >= 4 is 34.8 Å². The van der Waals surface area contributed by atoms with Crippen molar-refractivity contribution < 1.29 is 4.79 Å². The van der Waals surface area contributed by atoms with Gasteiger partial charge in [0.05, 0.1) is 15.7 Å². The molecule has 2 N–H and O–H groups in total. The third-order valence-corrected chi connectivity index (χ3v) is 3.93. The maximum Gasteiger partial charge on any atom is 0.255 e. The third kappa shape index (κ3) is 2.52. The van der Waals surface area contributed by atoms with Crippen molar-refractivity contribution in [1.82, 2.24) is 5.32 Å². The van der Waals surface area contributed by atoms with E-state index in [9.17, 15) is 4.79 Å². The summed E-state index contributed by atoms with van der Waals surface area (Å²) in [4.78, 5) is 12.3. The molecule has 1 heterocycles. The molecule has 1 aliphatic heterocycles. The van der Waals surface area contributed by atoms with Gasteiger partial charge in [-0.25, -0.2) is 0 Å². The zero-order chi connectivity index (χ0) is 14.1. The number of carbonyl (C=O) groups excluding carboxylic acids is 1. The average Bonchev–Trinajstić information content (AvgIpc) is 2.90. The molecule has 2 aromatic carbocycles. The van der Waals surface area contributed by atoms with E-state index >= 15 is 0 Å². The van der Waals surface area contributed by atoms with Gasteiger partial charge in [-0.05, 0) is 35.4 Å². The fourth-order valence-electron chi connectivity index (χ4n) is 2.24. The van der Waals surface area contributed by atoms with Crippen molar-refractivity contribution in [3.63, 3.8) is 0 Å². The van der Waals surface area contributed by atoms with Crippen molar-refractivity contribution in [1.29, 1.82) is 0 Å². The Morgan fingerprint density at radius 1 is 1.05 bits per heavy atom. The van der Waals surface area contributed by atoms with Crippen molar-refractivity contribution in [3.8, 4) is 0 Å². The summed E-state index contributed by atoms with van der Waals surface area (Å²) in [5, 5.41) is 6.86. The van der Waals surface area contributed by atoms with Crippen LogP contribution in [0.3, 0.4) is 0 Å². The number of hydrogen-bond donors (Lipinski definition) is 2. The zero-order valence-electron chi connectivity index (χ0n) is 10.5. The summed E-state index contributed by atoms with van der Waals surface area (Å²) in [6.45, 7) is 1.65. The van der Waals surface area contributed by atoms with E-state index in [4.69, 9.17) is 23.2 Å². The van der Waals surface area contributed by atoms with Crippen LogP contribution in [0.25, 0.3) is 0 Å². The molecule has 0 aliphatic carbocycles. The van der Waals surface area contributed by atoms with E-state index in [1.807, 2.05) is 18.2 Å². The molecule has 1 aliphatic rings. The minimum absolute atomic E-state index is 0.213. The number of halogens is 2. The van der Waals surface area contributed by atoms with Crippen LogP contribution < -0.4 is 10.6 Å². The van der Waals surface area contributed by atoms with Crippen molar-refractivity contribution in [2.24, 2.45) is 0 Å². The van der Waals surface area contributed by atoms with Crippen molar-refractivity contribution in [2.45, 2.75) is 13.1 Å². The molecule has 0 spiro atoms. The van der Waals surface area contributed by atoms with Gasteiger partial charge >= 0.3 is 0 Å². The molecule has 5 heteroatoms. The highest BCUT2D eigenvalue weighted by molar-refractivity contribution is 6.40. The minimum Gasteiger partial charge on any atom is -0.319 e. The number of amides is 1. The Balaban J connectivity index is 1.86. The number of anilines is 1. The van der Waals surface area contributed by atoms with Crippen LogP contribution in [0.1, 0.15) is 21.5 Å². The summed E-state index contributed by atoms with van der Waals surface area (Å²) in [7, 11) is 0. The number of rotatable bonds is 2. The summed E-state index contributed by atoms with van der Waals surface area (Å²) in [5.74, 6) is -0.213. The second-order valence-corrected chi connectivity index (χ2v) is 5.45. The second-order valence-electron chi connectivity index (χ2n) is 4.64. The molecular weight excluding hydrogens is 295 g/mol. The molecule has 3 rings (SSSR count). The lowest BCUT2D eigenvalue weighted by atomic mass is 10.1. The van der Waals surface area contributed by atoms with Crippen LogP contribution in [-0.4, -0.2) is 5.91 Å². The van der Waals surface area contributed by atoms with Gasteiger partial charge in [0.15, 0.2) is 0 Å². The van der Waals surface area contributed by atoms with Crippen LogP contribution in [-0.2, 0) is 13.1 Å². The summed E-state index contributed by atoms with van der Waals surface area (Å²) in [6, 6.07) is 10.8. The van der Waals surface area contributed by atoms with Gasteiger partial charge < -0.3 is 10.6 Å². The van der Waals surface area contributed by atoms with E-state index in [0.29, 0.717) is 21.3 Å². The Labute approximate surface area is 126 Å². The van der Waals surface area contributed by atoms with E-state index in [1.54, 1.807) is 18.2 Å². The number of carbonyl (C=O) groups is 1. The predicted molar refractivity (Wildman–Crippen MR) is 81.4 cm³/mol. The lowest BCUT2D eigenvalue weighted by Gasteiger charge is -2.10. The van der Waals surface area contributed by atoms with Gasteiger partial charge in [0.2, 0.25) is 0 Å². The second kappa shape index (κ2) is 5.44. The molecule has 0 bridgehead atoms. The van der Waals surface area contributed by atoms with Crippen molar-refractivity contribution in [2.75, 3.05) is 5.32 Å². The molecule has 0 fully saturated rings. The monoisotopic (exact) mass is 306 g/mol. The highest BCUT2D eigenvalue weighted by Gasteiger charge is 2.15. The molecule has 0 unspecified atom stereocenters. The van der Waals surface area contributed by atoms with E-state index in [-0.39, 0.29) is 5.91 Å². The van der Waals surface area contributed by atoms with E-state index < -0.39 is 0 Å². The quantitative estimate of drug-likeness (QED) is 0.885. The van der Waals surface area contributed by atoms with Crippen LogP contribution in [0.15, 0.2) is 36.4 Å². The number of benzene rings is 2. The fraction of sp³-hybridized carbons (Fsp3) is 0.133. The molecule has 0 radical (unpaired) electrons. The molecule has 0 saturated carbocycles. The smallest absolute Gasteiger partial charge is 0.255 e. The fourth-order valence-corrected chi connectivity index (χ4v) is 2.73. The maximum absolute atomic E-state index is 12.3. The first-order valence-corrected chi connectivity index (χ1v) is 6.98. The van der Waals surface area contributed by atoms with E-state index in [1.165, 1.54) is 5.56 Å². The molecule has 102 valence electrons. The maximum atomic E-state index is 12.3. The van der Waals surface area contributed by atoms with Crippen LogP contribution in [0.4, 0.5) is 5.69 Å². The Morgan fingerprint density at radius 2 is 1.75 bits per heavy atom. The molecule has 1 amide bonds. The largest absolute Gasteiger partial charge is 0.319 e. The van der Waals surface area contributed by atoms with Crippen LogP contribution in [0.5, 0.6) is 0 Å². The lowest BCUT2D eigenvalue weighted by Crippen LogP contribution is -2.13. The normalized spacial score (nSPS) is 13.1. The Bertz CT molecular complexity index is 665. The first kappa shape index (κ1) is 13.4. The minimum atomic E-state index is -0.213. The van der Waals surface area contributed by atoms with Gasteiger partial charge in [-0.3, -0.25) is 4.79 Å². The molecule has 3 nitrogen and oxygen atoms in total. The number of fused-ring (bicyclic) bond motifs is 1. The number of hydrogen-bond acceptors (Lipinski definition) is 2. The zero-order valence-corrected chi connectivity index (χ0v) is 12.1. The Morgan fingerprint density at radius 3 is 2.50 bits per heavy atom. The van der Waals surface area contributed by atoms with Gasteiger partial charge in [-0.2, -0.15) is 0 Å². The first-order chi connectivity index (χ1) is 9.65. The van der Waals surface area contributed by atoms with Gasteiger partial charge in [0.25, 0.3) is 5.91 Å². The van der Waals surface area contributed by atoms with Crippen molar-refractivity contribution in [3.05, 3.63) is 63.1 Å². The molecule has 0 aromatic heterocycles. The number of nitrogens with one attached hydrogen (secondary N) is 2. The lowest BCUT2D eigenvalue weighted by molar-refractivity contribution is 0.102. The SMILES string of the molecule is O=C(Nc1c(Cl)cccc1Cl)c1ccc2c(c1)CNC2. The summed E-state index contributed by atoms with van der Waals surface area (Å²) < 4.78 is 0. The van der Waals surface area contributed by atoms with E-state index in [2.05, 4.69) is 10.6 Å². The van der Waals surface area contributed by atoms with Gasteiger partial charge in [-0.1, -0.05) is 35.3 Å². The standard InChI is InChI=1S/C15H12Cl2N2O/c16-12-2-1-3-13(17)14(12)19-15(20)9-4-5-10-7-18-8-11(10)6-9/h1-6,18H,7-8H2,(H,19,20). The summed E-state index contributed by atoms with van der Waals surface area (Å²) >= 11 is 12.1. The summed E-state index contributed by atoms with van der Waals surface area (Å²) in [5.41, 5.74) is 3.43.